The van der Waals surface area contributed by atoms with Gasteiger partial charge in [-0.3, -0.25) is 8.37 Å². The molecular formula is C17H36O6S2. The highest BCUT2D eigenvalue weighted by molar-refractivity contribution is 7.87. The quantitative estimate of drug-likeness (QED) is 0.287. The molecule has 0 aliphatic heterocycles. The minimum Gasteiger partial charge on any atom is -0.267 e. The third-order valence-corrected chi connectivity index (χ3v) is 6.60. The maximum Gasteiger partial charge on any atom is 0.267 e. The Kier molecular flexibility index (Phi) is 13.0. The first kappa shape index (κ1) is 24.8. The summed E-state index contributed by atoms with van der Waals surface area (Å²) in [6.07, 6.45) is 5.98. The molecule has 0 amide bonds. The Morgan fingerprint density at radius 2 is 1.00 bits per heavy atom. The molecular weight excluding hydrogens is 364 g/mol. The van der Waals surface area contributed by atoms with Crippen LogP contribution in [0.1, 0.15) is 85.5 Å². The van der Waals surface area contributed by atoms with E-state index in [4.69, 9.17) is 8.37 Å². The molecule has 0 fully saturated rings. The average molecular weight is 401 g/mol. The Hall–Kier alpha value is -0.180. The lowest BCUT2D eigenvalue weighted by Gasteiger charge is -2.18. The molecule has 0 radical (unpaired) electrons. The van der Waals surface area contributed by atoms with Gasteiger partial charge in [-0.05, 0) is 26.7 Å². The average Bonchev–Trinajstić information content (AvgIpc) is 2.46. The predicted molar refractivity (Wildman–Crippen MR) is 102 cm³/mol. The zero-order valence-corrected chi connectivity index (χ0v) is 17.8. The summed E-state index contributed by atoms with van der Waals surface area (Å²) in [4.78, 5) is 0. The third kappa shape index (κ3) is 14.7. The molecule has 152 valence electrons. The van der Waals surface area contributed by atoms with Crippen LogP contribution in [-0.2, 0) is 28.6 Å². The van der Waals surface area contributed by atoms with Gasteiger partial charge in [0.25, 0.3) is 20.2 Å². The van der Waals surface area contributed by atoms with Crippen LogP contribution < -0.4 is 0 Å². The van der Waals surface area contributed by atoms with Gasteiger partial charge in [0, 0.05) is 6.42 Å². The van der Waals surface area contributed by atoms with Crippen LogP contribution in [0.4, 0.5) is 0 Å². The number of unbranched alkanes of at least 4 members (excludes halogenated alkanes) is 6. The van der Waals surface area contributed by atoms with E-state index in [9.17, 15) is 16.8 Å². The molecule has 0 spiro atoms. The Morgan fingerprint density at radius 3 is 1.32 bits per heavy atom. The van der Waals surface area contributed by atoms with Crippen LogP contribution in [-0.4, -0.2) is 40.5 Å². The molecule has 0 N–H and O–H groups in total. The minimum absolute atomic E-state index is 0.00229. The molecule has 0 aromatic heterocycles. The molecule has 0 saturated heterocycles. The molecule has 0 aliphatic rings. The van der Waals surface area contributed by atoms with Crippen molar-refractivity contribution in [3.8, 4) is 0 Å². The maximum atomic E-state index is 11.9. The fraction of sp³-hybridized carbons (Fsp3) is 1.00. The van der Waals surface area contributed by atoms with E-state index < -0.39 is 32.4 Å². The zero-order chi connectivity index (χ0) is 19.3. The second-order valence-electron chi connectivity index (χ2n) is 6.69. The monoisotopic (exact) mass is 400 g/mol. The van der Waals surface area contributed by atoms with Crippen molar-refractivity contribution in [3.63, 3.8) is 0 Å². The fourth-order valence-corrected chi connectivity index (χ4v) is 5.02. The van der Waals surface area contributed by atoms with E-state index in [0.29, 0.717) is 12.8 Å². The highest BCUT2D eigenvalue weighted by Crippen LogP contribution is 2.14. The van der Waals surface area contributed by atoms with Crippen molar-refractivity contribution in [2.45, 2.75) is 97.7 Å². The molecule has 0 rings (SSSR count). The Balaban J connectivity index is 4.20. The van der Waals surface area contributed by atoms with E-state index in [-0.39, 0.29) is 17.9 Å². The number of hydrogen-bond acceptors (Lipinski definition) is 6. The molecule has 0 aromatic carbocycles. The smallest absolute Gasteiger partial charge is 0.267 e. The molecule has 0 saturated carbocycles. The maximum absolute atomic E-state index is 11.9. The summed E-state index contributed by atoms with van der Waals surface area (Å²) in [6, 6.07) is 0. The van der Waals surface area contributed by atoms with Gasteiger partial charge in [-0.15, -0.1) is 0 Å². The van der Waals surface area contributed by atoms with Gasteiger partial charge in [0.15, 0.2) is 0 Å². The van der Waals surface area contributed by atoms with Crippen molar-refractivity contribution in [2.75, 3.05) is 11.5 Å². The molecule has 0 bridgehead atoms. The number of rotatable bonds is 16. The van der Waals surface area contributed by atoms with Crippen LogP contribution in [0.2, 0.25) is 0 Å². The van der Waals surface area contributed by atoms with E-state index in [2.05, 4.69) is 13.8 Å². The third-order valence-electron chi connectivity index (χ3n) is 3.78. The molecule has 25 heavy (non-hydrogen) atoms. The van der Waals surface area contributed by atoms with Crippen molar-refractivity contribution >= 4 is 20.2 Å². The van der Waals surface area contributed by atoms with Gasteiger partial charge in [0.1, 0.15) is 0 Å². The van der Waals surface area contributed by atoms with Crippen molar-refractivity contribution in [1.29, 1.82) is 0 Å². The van der Waals surface area contributed by atoms with Gasteiger partial charge in [-0.1, -0.05) is 52.4 Å². The summed E-state index contributed by atoms with van der Waals surface area (Å²) in [5, 5.41) is 0. The van der Waals surface area contributed by atoms with E-state index in [1.54, 1.807) is 13.8 Å². The van der Waals surface area contributed by atoms with Crippen molar-refractivity contribution < 1.29 is 25.2 Å². The standard InChI is InChI=1S/C17H36O6S2/c1-5-7-9-11-13-24(18,19)22-16(3)15-17(4)23-25(20,21)14-12-10-8-6-2/h16-17H,5-15H2,1-4H3. The van der Waals surface area contributed by atoms with Crippen molar-refractivity contribution in [3.05, 3.63) is 0 Å². The molecule has 0 aliphatic carbocycles. The largest absolute Gasteiger partial charge is 0.267 e. The first-order valence-electron chi connectivity index (χ1n) is 9.43. The van der Waals surface area contributed by atoms with Crippen molar-refractivity contribution in [2.24, 2.45) is 0 Å². The normalized spacial score (nSPS) is 15.2. The summed E-state index contributed by atoms with van der Waals surface area (Å²) in [5.41, 5.74) is 0. The van der Waals surface area contributed by atoms with Crippen LogP contribution in [0.15, 0.2) is 0 Å². The lowest BCUT2D eigenvalue weighted by molar-refractivity contribution is 0.140. The van der Waals surface area contributed by atoms with E-state index in [1.165, 1.54) is 0 Å². The Bertz CT molecular complexity index is 479. The highest BCUT2D eigenvalue weighted by Gasteiger charge is 2.21. The summed E-state index contributed by atoms with van der Waals surface area (Å²) >= 11 is 0. The van der Waals surface area contributed by atoms with Gasteiger partial charge in [-0.2, -0.15) is 16.8 Å². The van der Waals surface area contributed by atoms with Crippen molar-refractivity contribution in [1.82, 2.24) is 0 Å². The molecule has 6 nitrogen and oxygen atoms in total. The highest BCUT2D eigenvalue weighted by atomic mass is 32.2. The van der Waals surface area contributed by atoms with Crippen LogP contribution >= 0.6 is 0 Å². The fourth-order valence-electron chi connectivity index (χ4n) is 2.55. The van der Waals surface area contributed by atoms with Gasteiger partial charge in [0.2, 0.25) is 0 Å². The predicted octanol–water partition coefficient (Wildman–Crippen LogP) is 4.01. The first-order valence-corrected chi connectivity index (χ1v) is 12.6. The van der Waals surface area contributed by atoms with Crippen LogP contribution in [0.25, 0.3) is 0 Å². The van der Waals surface area contributed by atoms with Crippen LogP contribution in [0.5, 0.6) is 0 Å². The van der Waals surface area contributed by atoms with Gasteiger partial charge in [0.05, 0.1) is 23.7 Å². The topological polar surface area (TPSA) is 86.7 Å². The van der Waals surface area contributed by atoms with Crippen LogP contribution in [0.3, 0.4) is 0 Å². The van der Waals surface area contributed by atoms with E-state index in [0.717, 1.165) is 38.5 Å². The number of hydrogen-bond donors (Lipinski definition) is 0. The second-order valence-corrected chi connectivity index (χ2v) is 10.1. The molecule has 0 heterocycles. The summed E-state index contributed by atoms with van der Waals surface area (Å²) in [5.74, 6) is 0.00457. The Labute approximate surface area is 154 Å². The van der Waals surface area contributed by atoms with Gasteiger partial charge < -0.3 is 0 Å². The molecule has 0 aromatic rings. The van der Waals surface area contributed by atoms with Crippen LogP contribution in [0, 0.1) is 0 Å². The lowest BCUT2D eigenvalue weighted by atomic mass is 10.2. The Morgan fingerprint density at radius 1 is 0.640 bits per heavy atom. The summed E-state index contributed by atoms with van der Waals surface area (Å²) in [7, 11) is -7.15. The second kappa shape index (κ2) is 13.1. The molecule has 8 heteroatoms. The van der Waals surface area contributed by atoms with E-state index >= 15 is 0 Å². The summed E-state index contributed by atoms with van der Waals surface area (Å²) in [6.45, 7) is 7.37. The minimum atomic E-state index is -3.58. The molecule has 2 atom stereocenters. The van der Waals surface area contributed by atoms with E-state index in [1.807, 2.05) is 0 Å². The first-order chi connectivity index (χ1) is 11.6. The lowest BCUT2D eigenvalue weighted by Crippen LogP contribution is -2.25. The summed E-state index contributed by atoms with van der Waals surface area (Å²) < 4.78 is 57.8. The van der Waals surface area contributed by atoms with Gasteiger partial charge in [-0.25, -0.2) is 0 Å². The molecule has 2 unspecified atom stereocenters. The SMILES string of the molecule is CCCCCCS(=O)(=O)OC(C)CC(C)OS(=O)(=O)CCCCCC. The van der Waals surface area contributed by atoms with Gasteiger partial charge >= 0.3 is 0 Å². The zero-order valence-electron chi connectivity index (χ0n) is 16.2.